The van der Waals surface area contributed by atoms with Crippen LogP contribution in [0.3, 0.4) is 0 Å². The molecule has 1 aromatic carbocycles. The van der Waals surface area contributed by atoms with E-state index in [-0.39, 0.29) is 23.7 Å². The van der Waals surface area contributed by atoms with Crippen molar-refractivity contribution in [2.24, 2.45) is 23.7 Å². The molecule has 3 unspecified atom stereocenters. The molecule has 35 heavy (non-hydrogen) atoms. The largest absolute Gasteiger partial charge is 0.454 e. The summed E-state index contributed by atoms with van der Waals surface area (Å²) < 4.78 is 5.81. The van der Waals surface area contributed by atoms with Crippen molar-refractivity contribution in [1.82, 2.24) is 14.7 Å². The van der Waals surface area contributed by atoms with Crippen molar-refractivity contribution in [3.05, 3.63) is 47.5 Å². The molecule has 2 aliphatic heterocycles. The van der Waals surface area contributed by atoms with Crippen molar-refractivity contribution in [2.45, 2.75) is 45.8 Å². The minimum atomic E-state index is -0.981. The quantitative estimate of drug-likeness (QED) is 0.340. The molecule has 2 saturated heterocycles. The van der Waals surface area contributed by atoms with Crippen molar-refractivity contribution in [2.75, 3.05) is 39.3 Å². The van der Waals surface area contributed by atoms with E-state index in [2.05, 4.69) is 41.0 Å². The molecule has 0 aromatic heterocycles. The molecule has 5 aliphatic rings. The fourth-order valence-electron chi connectivity index (χ4n) is 7.19. The number of nitrogens with zero attached hydrogens (tertiary/aromatic N) is 3. The summed E-state index contributed by atoms with van der Waals surface area (Å²) in [7, 11) is 0. The molecule has 0 N–H and O–H groups in total. The summed E-state index contributed by atoms with van der Waals surface area (Å²) in [6.45, 7) is 11.8. The van der Waals surface area contributed by atoms with E-state index >= 15 is 0 Å². The van der Waals surface area contributed by atoms with Crippen LogP contribution in [0.1, 0.15) is 39.2 Å². The summed E-state index contributed by atoms with van der Waals surface area (Å²) in [6.07, 6.45) is 3.34. The zero-order valence-electron chi connectivity index (χ0n) is 21.1. The van der Waals surface area contributed by atoms with E-state index in [1.54, 1.807) is 0 Å². The van der Waals surface area contributed by atoms with E-state index in [1.165, 1.54) is 17.4 Å². The predicted octanol–water partition coefficient (Wildman–Crippen LogP) is 2.71. The zero-order chi connectivity index (χ0) is 24.7. The molecule has 7 nitrogen and oxygen atoms in total. The number of fused-ring (bicyclic) bond motifs is 1. The summed E-state index contributed by atoms with van der Waals surface area (Å²) >= 11 is 0. The van der Waals surface area contributed by atoms with E-state index < -0.39 is 23.4 Å². The van der Waals surface area contributed by atoms with Gasteiger partial charge in [0, 0.05) is 46.2 Å². The maximum absolute atomic E-state index is 13.5. The van der Waals surface area contributed by atoms with E-state index in [0.29, 0.717) is 13.0 Å². The van der Waals surface area contributed by atoms with Crippen LogP contribution in [0.15, 0.2) is 42.0 Å². The number of likely N-dealkylation sites (tertiary alicyclic amines) is 1. The van der Waals surface area contributed by atoms with Gasteiger partial charge >= 0.3 is 5.97 Å². The molecule has 6 rings (SSSR count). The van der Waals surface area contributed by atoms with Crippen molar-refractivity contribution in [3.8, 4) is 0 Å². The van der Waals surface area contributed by atoms with Gasteiger partial charge in [-0.05, 0) is 49.8 Å². The fraction of sp³-hybridized carbons (Fsp3) is 0.607. The van der Waals surface area contributed by atoms with E-state index in [4.69, 9.17) is 4.74 Å². The van der Waals surface area contributed by atoms with Gasteiger partial charge in [0.05, 0.1) is 11.8 Å². The Morgan fingerprint density at radius 2 is 1.69 bits per heavy atom. The molecule has 2 bridgehead atoms. The van der Waals surface area contributed by atoms with E-state index in [1.807, 2.05) is 19.1 Å². The van der Waals surface area contributed by atoms with Gasteiger partial charge in [0.15, 0.2) is 0 Å². The Kier molecular flexibility index (Phi) is 6.57. The SMILES string of the molecule is CC(=O)O[C@]12C=C(C)[C@H](C(C)C1)C1C(=O)N(CCCN3CCN(Cc4ccccc4)CC3)C(=O)C12. The average molecular weight is 480 g/mol. The third-order valence-electron chi connectivity index (χ3n) is 8.51. The summed E-state index contributed by atoms with van der Waals surface area (Å²) in [6, 6.07) is 10.6. The molecule has 0 radical (unpaired) electrons. The lowest BCUT2D eigenvalue weighted by Crippen LogP contribution is -2.57. The molecular formula is C28H37N3O4. The number of amides is 2. The van der Waals surface area contributed by atoms with Gasteiger partial charge in [-0.25, -0.2) is 0 Å². The summed E-state index contributed by atoms with van der Waals surface area (Å²) in [5.41, 5.74) is 1.43. The number of allylic oxidation sites excluding steroid dienone is 1. The number of piperazine rings is 1. The van der Waals surface area contributed by atoms with Crippen molar-refractivity contribution >= 4 is 17.8 Å². The summed E-state index contributed by atoms with van der Waals surface area (Å²) in [4.78, 5) is 45.3. The van der Waals surface area contributed by atoms with Crippen molar-refractivity contribution < 1.29 is 19.1 Å². The van der Waals surface area contributed by atoms with Crippen LogP contribution in [0, 0.1) is 23.7 Å². The highest BCUT2D eigenvalue weighted by Crippen LogP contribution is 2.58. The number of rotatable bonds is 7. The highest BCUT2D eigenvalue weighted by molar-refractivity contribution is 6.07. The van der Waals surface area contributed by atoms with E-state index in [0.717, 1.165) is 51.3 Å². The van der Waals surface area contributed by atoms with Crippen LogP contribution in [-0.2, 0) is 25.7 Å². The number of benzene rings is 1. The average Bonchev–Trinajstić information content (AvgIpc) is 3.06. The number of ether oxygens (including phenoxy) is 1. The first-order valence-corrected chi connectivity index (χ1v) is 13.0. The Hall–Kier alpha value is -2.51. The topological polar surface area (TPSA) is 70.2 Å². The van der Waals surface area contributed by atoms with E-state index in [9.17, 15) is 14.4 Å². The third-order valence-corrected chi connectivity index (χ3v) is 8.51. The first kappa shape index (κ1) is 24.2. The first-order chi connectivity index (χ1) is 16.8. The smallest absolute Gasteiger partial charge is 0.303 e. The number of hydrogen-bond acceptors (Lipinski definition) is 6. The Balaban J connectivity index is 1.17. The number of esters is 1. The zero-order valence-corrected chi connectivity index (χ0v) is 21.1. The highest BCUT2D eigenvalue weighted by Gasteiger charge is 2.67. The van der Waals surface area contributed by atoms with Gasteiger partial charge in [-0.2, -0.15) is 0 Å². The molecule has 3 fully saturated rings. The van der Waals surface area contributed by atoms with Gasteiger partial charge < -0.3 is 9.64 Å². The molecule has 0 spiro atoms. The van der Waals surface area contributed by atoms with Crippen molar-refractivity contribution in [3.63, 3.8) is 0 Å². The normalized spacial score (nSPS) is 33.1. The van der Waals surface area contributed by atoms with Gasteiger partial charge in [-0.1, -0.05) is 42.8 Å². The minimum Gasteiger partial charge on any atom is -0.454 e. The Morgan fingerprint density at radius 3 is 2.34 bits per heavy atom. The van der Waals surface area contributed by atoms with Crippen LogP contribution in [0.5, 0.6) is 0 Å². The van der Waals surface area contributed by atoms with Crippen LogP contribution < -0.4 is 0 Å². The highest BCUT2D eigenvalue weighted by atomic mass is 16.6. The monoisotopic (exact) mass is 479 g/mol. The lowest BCUT2D eigenvalue weighted by molar-refractivity contribution is -0.173. The lowest BCUT2D eigenvalue weighted by atomic mass is 9.54. The van der Waals surface area contributed by atoms with Crippen LogP contribution in [0.4, 0.5) is 0 Å². The summed E-state index contributed by atoms with van der Waals surface area (Å²) in [5, 5.41) is 0. The molecule has 1 saturated carbocycles. The third kappa shape index (κ3) is 4.45. The second kappa shape index (κ2) is 9.51. The second-order valence-electron chi connectivity index (χ2n) is 10.9. The lowest BCUT2D eigenvalue weighted by Gasteiger charge is -2.52. The molecule has 5 atom stereocenters. The summed E-state index contributed by atoms with van der Waals surface area (Å²) in [5.74, 6) is -1.36. The van der Waals surface area contributed by atoms with Gasteiger partial charge in [0.25, 0.3) is 0 Å². The Labute approximate surface area is 208 Å². The van der Waals surface area contributed by atoms with Gasteiger partial charge in [-0.15, -0.1) is 0 Å². The molecule has 188 valence electrons. The predicted molar refractivity (Wildman–Crippen MR) is 132 cm³/mol. The maximum Gasteiger partial charge on any atom is 0.303 e. The second-order valence-corrected chi connectivity index (χ2v) is 10.9. The van der Waals surface area contributed by atoms with Crippen LogP contribution in [-0.4, -0.2) is 77.4 Å². The first-order valence-electron chi connectivity index (χ1n) is 13.0. The number of hydrogen-bond donors (Lipinski definition) is 0. The van der Waals surface area contributed by atoms with Crippen LogP contribution in [0.2, 0.25) is 0 Å². The fourth-order valence-corrected chi connectivity index (χ4v) is 7.19. The molecule has 2 heterocycles. The molecule has 1 aromatic rings. The maximum atomic E-state index is 13.5. The molecule has 2 amide bonds. The molecule has 7 heteroatoms. The van der Waals surface area contributed by atoms with Crippen molar-refractivity contribution in [1.29, 1.82) is 0 Å². The molecular weight excluding hydrogens is 442 g/mol. The van der Waals surface area contributed by atoms with Gasteiger partial charge in [0.2, 0.25) is 11.8 Å². The standard InChI is InChI=1S/C28H37N3O4/c1-19-16-28(35-21(3)32)17-20(2)23(19)24-25(28)27(34)31(26(24)33)11-7-10-29-12-14-30(15-13-29)18-22-8-5-4-6-9-22/h4-6,8-9,16,20,23-25H,7,10-15,17-18H2,1-3H3/t20?,23-,24?,25?,28-/m1/s1. The number of carbonyl (C=O) groups is 3. The number of imide groups is 1. The van der Waals surface area contributed by atoms with Gasteiger partial charge in [0.1, 0.15) is 5.60 Å². The Morgan fingerprint density at radius 1 is 1.00 bits per heavy atom. The number of carbonyl (C=O) groups excluding carboxylic acids is 3. The van der Waals surface area contributed by atoms with Crippen LogP contribution in [0.25, 0.3) is 0 Å². The minimum absolute atomic E-state index is 0.0524. The molecule has 3 aliphatic carbocycles. The Bertz CT molecular complexity index is 1020. The van der Waals surface area contributed by atoms with Gasteiger partial charge in [-0.3, -0.25) is 24.2 Å². The van der Waals surface area contributed by atoms with Crippen LogP contribution >= 0.6 is 0 Å².